The topological polar surface area (TPSA) is 122 Å². The largest absolute Gasteiger partial charge is 0.469 e. The summed E-state index contributed by atoms with van der Waals surface area (Å²) in [5.74, 6) is -2.06. The van der Waals surface area contributed by atoms with E-state index in [-0.39, 0.29) is 17.1 Å². The molecule has 0 amide bonds. The summed E-state index contributed by atoms with van der Waals surface area (Å²) in [4.78, 5) is 24.5. The molecule has 2 rings (SSSR count). The molecule has 32 heavy (non-hydrogen) atoms. The van der Waals surface area contributed by atoms with E-state index in [0.29, 0.717) is 5.56 Å². The lowest BCUT2D eigenvalue weighted by Crippen LogP contribution is -2.42. The fraction of sp³-hybridized carbons (Fsp3) is 0.391. The predicted molar refractivity (Wildman–Crippen MR) is 119 cm³/mol. The molecule has 0 aliphatic carbocycles. The van der Waals surface area contributed by atoms with Crippen LogP contribution in [0.4, 0.5) is 0 Å². The number of ether oxygens (including phenoxy) is 2. The number of esters is 2. The van der Waals surface area contributed by atoms with Gasteiger partial charge in [-0.25, -0.2) is 0 Å². The van der Waals surface area contributed by atoms with Gasteiger partial charge in [0.05, 0.1) is 13.5 Å². The maximum Gasteiger partial charge on any atom is 0.339 e. The van der Waals surface area contributed by atoms with Gasteiger partial charge in [0.25, 0.3) is 0 Å². The lowest BCUT2D eigenvalue weighted by Gasteiger charge is -2.27. The van der Waals surface area contributed by atoms with Gasteiger partial charge in [0, 0.05) is 5.92 Å². The molecule has 9 heteroatoms. The second kappa shape index (κ2) is 10.1. The zero-order chi connectivity index (χ0) is 24.1. The Morgan fingerprint density at radius 2 is 1.69 bits per heavy atom. The molecular formula is C23H29NO7S. The zero-order valence-corrected chi connectivity index (χ0v) is 19.6. The van der Waals surface area contributed by atoms with Crippen molar-refractivity contribution in [3.63, 3.8) is 0 Å². The number of rotatable bonds is 8. The highest BCUT2D eigenvalue weighted by Gasteiger charge is 2.32. The fourth-order valence-corrected chi connectivity index (χ4v) is 3.85. The van der Waals surface area contributed by atoms with Crippen LogP contribution in [0, 0.1) is 6.92 Å². The van der Waals surface area contributed by atoms with Crippen LogP contribution < -0.4 is 9.92 Å². The minimum Gasteiger partial charge on any atom is -0.469 e. The molecule has 0 saturated carbocycles. The smallest absolute Gasteiger partial charge is 0.339 e. The van der Waals surface area contributed by atoms with Gasteiger partial charge in [-0.1, -0.05) is 29.8 Å². The minimum absolute atomic E-state index is 0.00469. The van der Waals surface area contributed by atoms with Gasteiger partial charge in [-0.05, 0) is 57.5 Å². The Bertz CT molecular complexity index is 1060. The van der Waals surface area contributed by atoms with Crippen molar-refractivity contribution in [2.45, 2.75) is 56.6 Å². The third-order valence-corrected chi connectivity index (χ3v) is 5.79. The van der Waals surface area contributed by atoms with Gasteiger partial charge in [-0.3, -0.25) is 9.59 Å². The number of benzene rings is 2. The highest BCUT2D eigenvalue weighted by Crippen LogP contribution is 2.29. The van der Waals surface area contributed by atoms with Crippen LogP contribution in [0.15, 0.2) is 53.4 Å². The normalized spacial score (nSPS) is 13.7. The predicted octanol–water partition coefficient (Wildman–Crippen LogP) is 3.08. The second-order valence-electron chi connectivity index (χ2n) is 8.37. The van der Waals surface area contributed by atoms with Crippen LogP contribution >= 0.6 is 0 Å². The number of carbonyl (C=O) groups excluding carboxylic acids is 2. The van der Waals surface area contributed by atoms with Crippen LogP contribution in [0.2, 0.25) is 0 Å². The lowest BCUT2D eigenvalue weighted by molar-refractivity contribution is -0.157. The van der Waals surface area contributed by atoms with Gasteiger partial charge in [0.15, 0.2) is 0 Å². The number of hydrogen-bond donors (Lipinski definition) is 1. The Kier molecular flexibility index (Phi) is 8.03. The van der Waals surface area contributed by atoms with Crippen molar-refractivity contribution < 1.29 is 31.7 Å². The molecule has 0 aliphatic rings. The molecular weight excluding hydrogens is 434 g/mol. The number of carbonyl (C=O) groups is 2. The fourth-order valence-electron chi connectivity index (χ4n) is 2.93. The molecule has 2 aromatic rings. The Morgan fingerprint density at radius 1 is 1.06 bits per heavy atom. The van der Waals surface area contributed by atoms with E-state index in [9.17, 15) is 18.0 Å². The van der Waals surface area contributed by atoms with Crippen molar-refractivity contribution in [1.82, 2.24) is 0 Å². The Labute approximate surface area is 188 Å². The molecule has 0 radical (unpaired) electrons. The summed E-state index contributed by atoms with van der Waals surface area (Å²) in [5.41, 5.74) is 6.72. The van der Waals surface area contributed by atoms with Gasteiger partial charge in [-0.15, -0.1) is 0 Å². The summed E-state index contributed by atoms with van der Waals surface area (Å²) in [6.07, 6.45) is -0.203. The third kappa shape index (κ3) is 7.06. The average molecular weight is 464 g/mol. The first-order valence-corrected chi connectivity index (χ1v) is 11.4. The summed E-state index contributed by atoms with van der Waals surface area (Å²) in [5, 5.41) is 0. The number of aryl methyl sites for hydroxylation is 1. The molecule has 0 aromatic heterocycles. The molecule has 2 atom stereocenters. The van der Waals surface area contributed by atoms with E-state index < -0.39 is 39.6 Å². The Balaban J connectivity index is 2.35. The summed E-state index contributed by atoms with van der Waals surface area (Å²) >= 11 is 0. The molecule has 0 aliphatic heterocycles. The molecule has 2 unspecified atom stereocenters. The molecule has 0 fully saturated rings. The van der Waals surface area contributed by atoms with Crippen molar-refractivity contribution in [3.8, 4) is 5.75 Å². The third-order valence-electron chi connectivity index (χ3n) is 4.53. The average Bonchev–Trinajstić information content (AvgIpc) is 2.70. The first-order chi connectivity index (χ1) is 14.8. The monoisotopic (exact) mass is 463 g/mol. The second-order valence-corrected chi connectivity index (χ2v) is 9.92. The first kappa shape index (κ1) is 25.4. The van der Waals surface area contributed by atoms with E-state index in [2.05, 4.69) is 0 Å². The van der Waals surface area contributed by atoms with Crippen LogP contribution in [0.5, 0.6) is 5.75 Å². The molecule has 8 nitrogen and oxygen atoms in total. The van der Waals surface area contributed by atoms with Gasteiger partial charge in [0.1, 0.15) is 22.3 Å². The van der Waals surface area contributed by atoms with Crippen molar-refractivity contribution in [2.75, 3.05) is 7.11 Å². The molecule has 174 valence electrons. The highest BCUT2D eigenvalue weighted by molar-refractivity contribution is 7.87. The molecule has 0 saturated heterocycles. The van der Waals surface area contributed by atoms with Crippen molar-refractivity contribution in [3.05, 3.63) is 59.7 Å². The molecule has 2 N–H and O–H groups in total. The van der Waals surface area contributed by atoms with Crippen LogP contribution in [0.3, 0.4) is 0 Å². The molecule has 0 bridgehead atoms. The number of hydrogen-bond acceptors (Lipinski definition) is 8. The van der Waals surface area contributed by atoms with E-state index >= 15 is 0 Å². The first-order valence-electron chi connectivity index (χ1n) is 9.99. The number of methoxy groups -OCH3 is 1. The highest BCUT2D eigenvalue weighted by atomic mass is 32.2. The SMILES string of the molecule is COC(=O)CC(c1cccc(OS(=O)(=O)c2ccc(C)cc2)c1)C(N)C(=O)OC(C)(C)C. The maximum atomic E-state index is 12.6. The Hall–Kier alpha value is -2.91. The van der Waals surface area contributed by atoms with E-state index in [0.717, 1.165) is 5.56 Å². The minimum atomic E-state index is -4.08. The maximum absolute atomic E-state index is 12.6. The van der Waals surface area contributed by atoms with Crippen LogP contribution in [-0.2, 0) is 29.2 Å². The van der Waals surface area contributed by atoms with Crippen molar-refractivity contribution in [1.29, 1.82) is 0 Å². The number of nitrogens with two attached hydrogens (primary N) is 1. The van der Waals surface area contributed by atoms with E-state index in [1.807, 2.05) is 6.92 Å². The Morgan fingerprint density at radius 3 is 2.25 bits per heavy atom. The summed E-state index contributed by atoms with van der Waals surface area (Å²) in [6.45, 7) is 6.96. The van der Waals surface area contributed by atoms with Gasteiger partial charge >= 0.3 is 22.1 Å². The van der Waals surface area contributed by atoms with Crippen LogP contribution in [-0.4, -0.2) is 39.1 Å². The van der Waals surface area contributed by atoms with Gasteiger partial charge in [0.2, 0.25) is 0 Å². The zero-order valence-electron chi connectivity index (χ0n) is 18.8. The standard InChI is InChI=1S/C23H29NO7S/c1-15-9-11-18(12-10-15)32(27,28)31-17-8-6-7-16(13-17)19(14-20(25)29-5)21(24)22(26)30-23(2,3)4/h6-13,19,21H,14,24H2,1-5H3. The summed E-state index contributed by atoms with van der Waals surface area (Å²) in [6, 6.07) is 11.1. The van der Waals surface area contributed by atoms with Crippen LogP contribution in [0.25, 0.3) is 0 Å². The van der Waals surface area contributed by atoms with Crippen LogP contribution in [0.1, 0.15) is 44.2 Å². The van der Waals surface area contributed by atoms with Crippen molar-refractivity contribution >= 4 is 22.1 Å². The van der Waals surface area contributed by atoms with E-state index in [1.54, 1.807) is 45.0 Å². The van der Waals surface area contributed by atoms with Crippen molar-refractivity contribution in [2.24, 2.45) is 5.73 Å². The summed E-state index contributed by atoms with van der Waals surface area (Å²) < 4.78 is 40.6. The quantitative estimate of drug-likeness (QED) is 0.468. The summed E-state index contributed by atoms with van der Waals surface area (Å²) in [7, 11) is -2.85. The van der Waals surface area contributed by atoms with E-state index in [4.69, 9.17) is 19.4 Å². The molecule has 0 spiro atoms. The van der Waals surface area contributed by atoms with Gasteiger partial charge < -0.3 is 19.4 Å². The lowest BCUT2D eigenvalue weighted by atomic mass is 9.88. The molecule has 2 aromatic carbocycles. The van der Waals surface area contributed by atoms with Gasteiger partial charge in [-0.2, -0.15) is 8.42 Å². The molecule has 0 heterocycles. The van der Waals surface area contributed by atoms with E-state index in [1.165, 1.54) is 31.4 Å².